The number of halogens is 4. The lowest BCUT2D eigenvalue weighted by Gasteiger charge is -2.49. The molecule has 2 aromatic rings. The summed E-state index contributed by atoms with van der Waals surface area (Å²) in [7, 11) is 2.24. The highest BCUT2D eigenvalue weighted by atomic mass is 35.5. The van der Waals surface area contributed by atoms with Gasteiger partial charge in [0.25, 0.3) is 0 Å². The molecule has 0 aliphatic heterocycles. The molecule has 0 unspecified atom stereocenters. The van der Waals surface area contributed by atoms with E-state index in [-0.39, 0.29) is 11.6 Å². The lowest BCUT2D eigenvalue weighted by Crippen LogP contribution is -2.49. The number of unbranched alkanes of at least 4 members (excludes halogenated alkanes) is 2. The Bertz CT molecular complexity index is 1390. The molecule has 0 bridgehead atoms. The molecule has 1 saturated carbocycles. The van der Waals surface area contributed by atoms with Crippen molar-refractivity contribution in [3.05, 3.63) is 106 Å². The second kappa shape index (κ2) is 18.2. The SMILES string of the molecule is C=C=CC(F)(F)F.CCCCCC1=CC=C(CC)CC1.CCCc1ccc2c(c1)C1(CC2)CCC(C)(N(C)c2cccc(Cl)c2)CC1. The molecule has 3 aliphatic rings. The minimum absolute atomic E-state index is 0.0486. The van der Waals surface area contributed by atoms with E-state index in [2.05, 4.69) is 94.8 Å². The number of hydrogen-bond donors (Lipinski definition) is 0. The van der Waals surface area contributed by atoms with Crippen LogP contribution >= 0.6 is 11.6 Å². The smallest absolute Gasteiger partial charge is 0.369 e. The minimum atomic E-state index is -4.25. The number of fused-ring (bicyclic) bond motifs is 2. The van der Waals surface area contributed by atoms with Crippen LogP contribution < -0.4 is 4.90 Å². The zero-order valence-corrected chi connectivity index (χ0v) is 30.3. The Balaban J connectivity index is 0.000000249. The molecular formula is C42H57ClF3N. The summed E-state index contributed by atoms with van der Waals surface area (Å²) in [6.07, 6.45) is 19.9. The molecule has 5 rings (SSSR count). The molecule has 0 heterocycles. The van der Waals surface area contributed by atoms with Crippen molar-refractivity contribution in [2.75, 3.05) is 11.9 Å². The lowest BCUT2D eigenvalue weighted by molar-refractivity contribution is -0.0796. The van der Waals surface area contributed by atoms with Crippen molar-refractivity contribution in [2.24, 2.45) is 0 Å². The molecule has 0 saturated heterocycles. The fourth-order valence-corrected chi connectivity index (χ4v) is 7.54. The van der Waals surface area contributed by atoms with Crippen LogP contribution in [0.3, 0.4) is 0 Å². The molecule has 0 N–H and O–H groups in total. The van der Waals surface area contributed by atoms with Crippen molar-refractivity contribution < 1.29 is 13.2 Å². The Labute approximate surface area is 288 Å². The normalized spacial score (nSPS) is 21.6. The van der Waals surface area contributed by atoms with E-state index >= 15 is 0 Å². The maximum atomic E-state index is 10.9. The van der Waals surface area contributed by atoms with Crippen LogP contribution in [0, 0.1) is 0 Å². The van der Waals surface area contributed by atoms with Gasteiger partial charge < -0.3 is 4.90 Å². The third-order valence-electron chi connectivity index (χ3n) is 10.6. The predicted molar refractivity (Wildman–Crippen MR) is 197 cm³/mol. The second-order valence-corrected chi connectivity index (χ2v) is 14.3. The third kappa shape index (κ3) is 11.5. The number of anilines is 1. The summed E-state index contributed by atoms with van der Waals surface area (Å²) in [4.78, 5) is 2.47. The topological polar surface area (TPSA) is 3.24 Å². The lowest BCUT2D eigenvalue weighted by atomic mass is 9.64. The molecule has 47 heavy (non-hydrogen) atoms. The average Bonchev–Trinajstić information content (AvgIpc) is 3.40. The van der Waals surface area contributed by atoms with E-state index in [4.69, 9.17) is 11.6 Å². The van der Waals surface area contributed by atoms with E-state index in [0.29, 0.717) is 5.41 Å². The third-order valence-corrected chi connectivity index (χ3v) is 10.8. The van der Waals surface area contributed by atoms with Crippen LogP contribution in [0.5, 0.6) is 0 Å². The zero-order valence-electron chi connectivity index (χ0n) is 29.5. The van der Waals surface area contributed by atoms with Crippen LogP contribution in [0.15, 0.2) is 84.1 Å². The first-order valence-corrected chi connectivity index (χ1v) is 18.2. The summed E-state index contributed by atoms with van der Waals surface area (Å²) in [5.74, 6) is 0. The number of allylic oxidation sites excluding steroid dienone is 5. The maximum Gasteiger partial charge on any atom is 0.416 e. The monoisotopic (exact) mass is 667 g/mol. The Morgan fingerprint density at radius 2 is 1.57 bits per heavy atom. The second-order valence-electron chi connectivity index (χ2n) is 13.9. The number of rotatable bonds is 9. The highest BCUT2D eigenvalue weighted by Gasteiger charge is 2.46. The molecule has 0 amide bonds. The van der Waals surface area contributed by atoms with Gasteiger partial charge in [-0.05, 0) is 124 Å². The van der Waals surface area contributed by atoms with Gasteiger partial charge in [0, 0.05) is 23.3 Å². The van der Waals surface area contributed by atoms with E-state index in [1.54, 1.807) is 28.0 Å². The number of alkyl halides is 3. The molecule has 2 aromatic carbocycles. The predicted octanol–water partition coefficient (Wildman–Crippen LogP) is 13.5. The number of hydrogen-bond acceptors (Lipinski definition) is 1. The Kier molecular flexibility index (Phi) is 15.0. The van der Waals surface area contributed by atoms with Gasteiger partial charge in [0.1, 0.15) is 0 Å². The zero-order chi connectivity index (χ0) is 34.5. The van der Waals surface area contributed by atoms with Crippen molar-refractivity contribution in [1.29, 1.82) is 0 Å². The first-order chi connectivity index (χ1) is 22.4. The fraction of sp³-hybridized carbons (Fsp3) is 0.548. The van der Waals surface area contributed by atoms with E-state index in [1.807, 2.05) is 6.07 Å². The summed E-state index contributed by atoms with van der Waals surface area (Å²) < 4.78 is 32.7. The minimum Gasteiger partial charge on any atom is -0.369 e. The largest absolute Gasteiger partial charge is 0.416 e. The number of nitrogens with zero attached hydrogens (tertiary/aromatic N) is 1. The molecular weight excluding hydrogens is 611 g/mol. The Morgan fingerprint density at radius 3 is 2.13 bits per heavy atom. The molecule has 1 spiro atoms. The van der Waals surface area contributed by atoms with Crippen molar-refractivity contribution in [3.63, 3.8) is 0 Å². The first kappa shape index (κ1) is 38.8. The van der Waals surface area contributed by atoms with E-state index in [1.165, 1.54) is 108 Å². The van der Waals surface area contributed by atoms with Crippen LogP contribution in [0.2, 0.25) is 5.02 Å². The van der Waals surface area contributed by atoms with Crippen molar-refractivity contribution in [1.82, 2.24) is 0 Å². The van der Waals surface area contributed by atoms with Gasteiger partial charge in [-0.15, -0.1) is 5.73 Å². The summed E-state index contributed by atoms with van der Waals surface area (Å²) in [5, 5.41) is 0.823. The molecule has 0 aromatic heterocycles. The van der Waals surface area contributed by atoms with Gasteiger partial charge in [0.05, 0.1) is 6.08 Å². The van der Waals surface area contributed by atoms with Gasteiger partial charge in [-0.1, -0.05) is 106 Å². The quantitative estimate of drug-likeness (QED) is 0.190. The highest BCUT2D eigenvalue weighted by Crippen LogP contribution is 2.52. The molecule has 1 fully saturated rings. The molecule has 1 nitrogen and oxygen atoms in total. The van der Waals surface area contributed by atoms with Crippen molar-refractivity contribution >= 4 is 17.3 Å². The molecule has 5 heteroatoms. The number of aryl methyl sites for hydroxylation is 2. The summed E-state index contributed by atoms with van der Waals surface area (Å²) in [6, 6.07) is 15.6. The van der Waals surface area contributed by atoms with Gasteiger partial charge in [0.2, 0.25) is 0 Å². The van der Waals surface area contributed by atoms with E-state index in [0.717, 1.165) is 5.02 Å². The first-order valence-electron chi connectivity index (χ1n) is 17.8. The molecule has 258 valence electrons. The van der Waals surface area contributed by atoms with E-state index in [9.17, 15) is 13.2 Å². The fourth-order valence-electron chi connectivity index (χ4n) is 7.35. The Hall–Kier alpha value is -2.68. The molecule has 0 atom stereocenters. The van der Waals surface area contributed by atoms with Crippen LogP contribution in [0.25, 0.3) is 0 Å². The average molecular weight is 668 g/mol. The maximum absolute atomic E-state index is 10.9. The van der Waals surface area contributed by atoms with Crippen molar-refractivity contribution in [3.8, 4) is 0 Å². The van der Waals surface area contributed by atoms with E-state index < -0.39 is 6.18 Å². The highest BCUT2D eigenvalue weighted by molar-refractivity contribution is 6.30. The standard InChI is InChI=1S/C25H32ClN.C13H22.C4H3F3/c1-4-6-19-9-10-20-11-12-25(23(20)17-19)15-13-24(2,14-16-25)27(3)22-8-5-7-21(26)18-22;1-3-5-6-7-13-10-8-12(4-2)9-11-13;1-2-3-4(5,6)7/h5,7-10,17-18H,4,6,11-16H2,1-3H3;8,10H,3-7,9,11H2,1-2H3;3H,1H2. The van der Waals surface area contributed by atoms with Crippen LogP contribution in [-0.2, 0) is 18.3 Å². The summed E-state index contributed by atoms with van der Waals surface area (Å²) >= 11 is 6.24. The van der Waals surface area contributed by atoms with Crippen LogP contribution in [0.4, 0.5) is 18.9 Å². The number of benzene rings is 2. The van der Waals surface area contributed by atoms with Gasteiger partial charge in [0.15, 0.2) is 0 Å². The Morgan fingerprint density at radius 1 is 0.872 bits per heavy atom. The van der Waals surface area contributed by atoms with Gasteiger partial charge in [-0.3, -0.25) is 0 Å². The molecule has 0 radical (unpaired) electrons. The summed E-state index contributed by atoms with van der Waals surface area (Å²) in [5.41, 5.74) is 11.6. The molecule has 3 aliphatic carbocycles. The van der Waals surface area contributed by atoms with Gasteiger partial charge in [-0.25, -0.2) is 0 Å². The van der Waals surface area contributed by atoms with Crippen LogP contribution in [0.1, 0.15) is 128 Å². The van der Waals surface area contributed by atoms with Gasteiger partial charge >= 0.3 is 6.18 Å². The summed E-state index contributed by atoms with van der Waals surface area (Å²) in [6.45, 7) is 12.0. The van der Waals surface area contributed by atoms with Gasteiger partial charge in [-0.2, -0.15) is 13.2 Å². The van der Waals surface area contributed by atoms with Crippen LogP contribution in [-0.4, -0.2) is 18.8 Å². The van der Waals surface area contributed by atoms with Crippen molar-refractivity contribution in [2.45, 2.75) is 141 Å².